The molecule has 0 spiro atoms. The molecule has 3 rings (SSSR count). The number of aromatic nitrogens is 1. The minimum Gasteiger partial charge on any atom is -0.481 e. The molecule has 1 aromatic carbocycles. The SMILES string of the molecule is C#CCOc1ccccc1CNCc1ccc(OC2CCCC2)nc1. The minimum absolute atomic E-state index is 0.281. The Morgan fingerprint density at radius 2 is 1.96 bits per heavy atom. The summed E-state index contributed by atoms with van der Waals surface area (Å²) in [5.74, 6) is 4.04. The number of hydrogen-bond donors (Lipinski definition) is 1. The van der Waals surface area contributed by atoms with Gasteiger partial charge in [-0.1, -0.05) is 30.2 Å². The lowest BCUT2D eigenvalue weighted by molar-refractivity contribution is 0.201. The standard InChI is InChI=1S/C21H24N2O2/c1-2-13-24-20-10-6-3-7-18(20)16-22-14-17-11-12-21(23-15-17)25-19-8-4-5-9-19/h1,3,6-7,10-12,15,19,22H,4-5,8-9,13-14,16H2. The summed E-state index contributed by atoms with van der Waals surface area (Å²) < 4.78 is 11.5. The molecular weight excluding hydrogens is 312 g/mol. The normalized spacial score (nSPS) is 14.2. The zero-order valence-corrected chi connectivity index (χ0v) is 14.4. The Labute approximate surface area is 149 Å². The summed E-state index contributed by atoms with van der Waals surface area (Å²) >= 11 is 0. The van der Waals surface area contributed by atoms with Gasteiger partial charge in [0.1, 0.15) is 18.5 Å². The molecule has 0 bridgehead atoms. The van der Waals surface area contributed by atoms with Gasteiger partial charge < -0.3 is 14.8 Å². The van der Waals surface area contributed by atoms with Gasteiger partial charge in [0.05, 0.1) is 0 Å². The van der Waals surface area contributed by atoms with E-state index in [1.165, 1.54) is 12.8 Å². The van der Waals surface area contributed by atoms with Crippen LogP contribution in [0.4, 0.5) is 0 Å². The fraction of sp³-hybridized carbons (Fsp3) is 0.381. The Morgan fingerprint density at radius 3 is 2.72 bits per heavy atom. The van der Waals surface area contributed by atoms with E-state index in [1.807, 2.05) is 36.5 Å². The number of nitrogens with zero attached hydrogens (tertiary/aromatic N) is 1. The van der Waals surface area contributed by atoms with Crippen LogP contribution < -0.4 is 14.8 Å². The second kappa shape index (κ2) is 9.10. The number of nitrogens with one attached hydrogen (secondary N) is 1. The molecule has 130 valence electrons. The molecule has 1 aliphatic carbocycles. The monoisotopic (exact) mass is 336 g/mol. The van der Waals surface area contributed by atoms with Crippen molar-refractivity contribution in [3.63, 3.8) is 0 Å². The van der Waals surface area contributed by atoms with E-state index in [0.29, 0.717) is 12.6 Å². The predicted octanol–water partition coefficient (Wildman–Crippen LogP) is 3.70. The highest BCUT2D eigenvalue weighted by molar-refractivity contribution is 5.33. The van der Waals surface area contributed by atoms with Crippen molar-refractivity contribution in [3.05, 3.63) is 53.7 Å². The van der Waals surface area contributed by atoms with Crippen LogP contribution in [-0.4, -0.2) is 17.7 Å². The predicted molar refractivity (Wildman–Crippen MR) is 98.4 cm³/mol. The van der Waals surface area contributed by atoms with Gasteiger partial charge in [-0.25, -0.2) is 4.98 Å². The van der Waals surface area contributed by atoms with Crippen molar-refractivity contribution < 1.29 is 9.47 Å². The first-order chi connectivity index (χ1) is 12.3. The van der Waals surface area contributed by atoms with Crippen LogP contribution in [0, 0.1) is 12.3 Å². The topological polar surface area (TPSA) is 43.4 Å². The van der Waals surface area contributed by atoms with Gasteiger partial charge in [-0.2, -0.15) is 0 Å². The van der Waals surface area contributed by atoms with Crippen LogP contribution >= 0.6 is 0 Å². The average molecular weight is 336 g/mol. The van der Waals surface area contributed by atoms with E-state index in [-0.39, 0.29) is 6.61 Å². The smallest absolute Gasteiger partial charge is 0.213 e. The zero-order chi connectivity index (χ0) is 17.3. The summed E-state index contributed by atoms with van der Waals surface area (Å²) in [4.78, 5) is 4.42. The largest absolute Gasteiger partial charge is 0.481 e. The van der Waals surface area contributed by atoms with Crippen LogP contribution in [0.25, 0.3) is 0 Å². The Bertz CT molecular complexity index is 701. The molecule has 1 aromatic heterocycles. The lowest BCUT2D eigenvalue weighted by Crippen LogP contribution is -2.14. The van der Waals surface area contributed by atoms with E-state index in [0.717, 1.165) is 42.1 Å². The van der Waals surface area contributed by atoms with Crippen LogP contribution in [-0.2, 0) is 13.1 Å². The summed E-state index contributed by atoms with van der Waals surface area (Å²) in [6, 6.07) is 11.9. The fourth-order valence-electron chi connectivity index (χ4n) is 3.01. The first kappa shape index (κ1) is 17.3. The Hall–Kier alpha value is -2.51. The number of hydrogen-bond acceptors (Lipinski definition) is 4. The lowest BCUT2D eigenvalue weighted by Gasteiger charge is -2.13. The van der Waals surface area contributed by atoms with Gasteiger partial charge in [0.25, 0.3) is 0 Å². The third-order valence-electron chi connectivity index (χ3n) is 4.32. The minimum atomic E-state index is 0.281. The third kappa shape index (κ3) is 5.23. The number of terminal acetylenes is 1. The van der Waals surface area contributed by atoms with E-state index >= 15 is 0 Å². The molecule has 1 saturated carbocycles. The third-order valence-corrected chi connectivity index (χ3v) is 4.32. The van der Waals surface area contributed by atoms with Crippen LogP contribution in [0.2, 0.25) is 0 Å². The quantitative estimate of drug-likeness (QED) is 0.747. The molecule has 0 atom stereocenters. The second-order valence-electron chi connectivity index (χ2n) is 6.23. The Balaban J connectivity index is 1.48. The summed E-state index contributed by atoms with van der Waals surface area (Å²) in [5.41, 5.74) is 2.22. The molecule has 4 heteroatoms. The lowest BCUT2D eigenvalue weighted by atomic mass is 10.2. The number of rotatable bonds is 8. The number of benzene rings is 1. The molecule has 0 amide bonds. The van der Waals surface area contributed by atoms with Gasteiger partial charge in [-0.05, 0) is 37.3 Å². The highest BCUT2D eigenvalue weighted by atomic mass is 16.5. The van der Waals surface area contributed by atoms with Crippen LogP contribution in [0.15, 0.2) is 42.6 Å². The second-order valence-corrected chi connectivity index (χ2v) is 6.23. The molecule has 0 aliphatic heterocycles. The average Bonchev–Trinajstić information content (AvgIpc) is 3.15. The molecule has 1 heterocycles. The molecule has 1 N–H and O–H groups in total. The molecule has 1 fully saturated rings. The highest BCUT2D eigenvalue weighted by Crippen LogP contribution is 2.23. The van der Waals surface area contributed by atoms with Gasteiger partial charge in [-0.15, -0.1) is 6.42 Å². The molecular formula is C21H24N2O2. The van der Waals surface area contributed by atoms with Crippen molar-refractivity contribution >= 4 is 0 Å². The summed E-state index contributed by atoms with van der Waals surface area (Å²) in [7, 11) is 0. The zero-order valence-electron chi connectivity index (χ0n) is 14.4. The van der Waals surface area contributed by atoms with Crippen molar-refractivity contribution in [2.24, 2.45) is 0 Å². The Kier molecular flexibility index (Phi) is 6.30. The van der Waals surface area contributed by atoms with Crippen molar-refractivity contribution in [2.75, 3.05) is 6.61 Å². The van der Waals surface area contributed by atoms with E-state index in [9.17, 15) is 0 Å². The number of pyridine rings is 1. The summed E-state index contributed by atoms with van der Waals surface area (Å²) in [6.07, 6.45) is 12.3. The van der Waals surface area contributed by atoms with E-state index < -0.39 is 0 Å². The van der Waals surface area contributed by atoms with Crippen molar-refractivity contribution in [3.8, 4) is 24.0 Å². The summed E-state index contributed by atoms with van der Waals surface area (Å²) in [6.45, 7) is 1.73. The molecule has 0 unspecified atom stereocenters. The Morgan fingerprint density at radius 1 is 1.12 bits per heavy atom. The first-order valence-electron chi connectivity index (χ1n) is 8.81. The van der Waals surface area contributed by atoms with Crippen LogP contribution in [0.3, 0.4) is 0 Å². The highest BCUT2D eigenvalue weighted by Gasteiger charge is 2.16. The van der Waals surface area contributed by atoms with E-state index in [1.54, 1.807) is 0 Å². The molecule has 4 nitrogen and oxygen atoms in total. The molecule has 0 radical (unpaired) electrons. The molecule has 2 aromatic rings. The van der Waals surface area contributed by atoms with Crippen molar-refractivity contribution in [2.45, 2.75) is 44.9 Å². The van der Waals surface area contributed by atoms with Gasteiger partial charge in [0, 0.05) is 30.9 Å². The van der Waals surface area contributed by atoms with Crippen molar-refractivity contribution in [1.82, 2.24) is 10.3 Å². The van der Waals surface area contributed by atoms with Gasteiger partial charge in [0.2, 0.25) is 5.88 Å². The van der Waals surface area contributed by atoms with Crippen LogP contribution in [0.5, 0.6) is 11.6 Å². The maximum absolute atomic E-state index is 5.89. The first-order valence-corrected chi connectivity index (χ1v) is 8.81. The van der Waals surface area contributed by atoms with Gasteiger partial charge >= 0.3 is 0 Å². The number of para-hydroxylation sites is 1. The maximum atomic E-state index is 5.89. The number of ether oxygens (including phenoxy) is 2. The van der Waals surface area contributed by atoms with Gasteiger partial charge in [0.15, 0.2) is 0 Å². The molecule has 0 saturated heterocycles. The van der Waals surface area contributed by atoms with E-state index in [2.05, 4.69) is 22.3 Å². The molecule has 1 aliphatic rings. The maximum Gasteiger partial charge on any atom is 0.213 e. The van der Waals surface area contributed by atoms with Crippen molar-refractivity contribution in [1.29, 1.82) is 0 Å². The van der Waals surface area contributed by atoms with Gasteiger partial charge in [-0.3, -0.25) is 0 Å². The van der Waals surface area contributed by atoms with Crippen LogP contribution in [0.1, 0.15) is 36.8 Å². The molecule has 25 heavy (non-hydrogen) atoms. The summed E-state index contributed by atoms with van der Waals surface area (Å²) in [5, 5.41) is 3.41. The van der Waals surface area contributed by atoms with E-state index in [4.69, 9.17) is 15.9 Å². The fourth-order valence-corrected chi connectivity index (χ4v) is 3.01.